The Morgan fingerprint density at radius 2 is 1.88 bits per heavy atom. The fourth-order valence-electron chi connectivity index (χ4n) is 3.01. The summed E-state index contributed by atoms with van der Waals surface area (Å²) in [6.45, 7) is 0.679. The average molecular weight is 352 g/mol. The van der Waals surface area contributed by atoms with Gasteiger partial charge in [-0.15, -0.1) is 11.3 Å². The van der Waals surface area contributed by atoms with Crippen LogP contribution in [0.3, 0.4) is 0 Å². The van der Waals surface area contributed by atoms with E-state index in [9.17, 15) is 0 Å². The molecule has 6 heteroatoms. The fraction of sp³-hybridized carbons (Fsp3) is 0.167. The number of nitrogens with one attached hydrogen (secondary N) is 1. The zero-order chi connectivity index (χ0) is 16.4. The zero-order valence-electron chi connectivity index (χ0n) is 12.9. The number of thiocarbonyl (C=S) groups is 1. The number of thiophene rings is 1. The molecule has 24 heavy (non-hydrogen) atoms. The first-order chi connectivity index (χ1) is 11.8. The molecule has 3 aromatic heterocycles. The molecule has 0 aliphatic carbocycles. The summed E-state index contributed by atoms with van der Waals surface area (Å²) >= 11 is 7.38. The lowest BCUT2D eigenvalue weighted by Crippen LogP contribution is -2.29. The van der Waals surface area contributed by atoms with Gasteiger partial charge >= 0.3 is 0 Å². The van der Waals surface area contributed by atoms with Crippen LogP contribution in [0.4, 0.5) is 0 Å². The Hall–Kier alpha value is -2.31. The maximum atomic E-state index is 5.63. The number of hydrogen-bond acceptors (Lipinski definition) is 4. The van der Waals surface area contributed by atoms with Crippen LogP contribution in [0.15, 0.2) is 66.3 Å². The van der Waals surface area contributed by atoms with E-state index >= 15 is 0 Å². The van der Waals surface area contributed by atoms with Crippen molar-refractivity contribution >= 4 is 28.7 Å². The Bertz CT molecular complexity index is 806. The van der Waals surface area contributed by atoms with Crippen LogP contribution in [0.25, 0.3) is 0 Å². The molecule has 3 aromatic rings. The number of pyridine rings is 2. The van der Waals surface area contributed by atoms with E-state index in [0.29, 0.717) is 6.54 Å². The van der Waals surface area contributed by atoms with Crippen LogP contribution >= 0.6 is 23.6 Å². The van der Waals surface area contributed by atoms with E-state index in [-0.39, 0.29) is 12.1 Å². The molecular formula is C18H16N4S2. The Morgan fingerprint density at radius 3 is 2.54 bits per heavy atom. The molecule has 1 aliphatic rings. The minimum absolute atomic E-state index is 0.0427. The van der Waals surface area contributed by atoms with E-state index < -0.39 is 0 Å². The third-order valence-corrected chi connectivity index (χ3v) is 5.39. The SMILES string of the molecule is S=C1N[C@H](c2ccccn2)[C@@H](c2cccs2)N1Cc1ccccn1. The molecule has 0 bridgehead atoms. The van der Waals surface area contributed by atoms with Crippen LogP contribution in [0.1, 0.15) is 28.3 Å². The van der Waals surface area contributed by atoms with Crippen molar-refractivity contribution in [3.05, 3.63) is 82.6 Å². The molecule has 0 radical (unpaired) electrons. The highest BCUT2D eigenvalue weighted by atomic mass is 32.1. The summed E-state index contributed by atoms with van der Waals surface area (Å²) in [5.74, 6) is 0. The van der Waals surface area contributed by atoms with Crippen LogP contribution in [-0.4, -0.2) is 20.0 Å². The summed E-state index contributed by atoms with van der Waals surface area (Å²) in [5.41, 5.74) is 2.01. The van der Waals surface area contributed by atoms with Gasteiger partial charge in [0.25, 0.3) is 0 Å². The number of nitrogens with zero attached hydrogens (tertiary/aromatic N) is 3. The van der Waals surface area contributed by atoms with Gasteiger partial charge in [-0.1, -0.05) is 18.2 Å². The van der Waals surface area contributed by atoms with Crippen molar-refractivity contribution < 1.29 is 0 Å². The van der Waals surface area contributed by atoms with Gasteiger partial charge < -0.3 is 10.2 Å². The molecule has 4 rings (SSSR count). The smallest absolute Gasteiger partial charge is 0.170 e. The van der Waals surface area contributed by atoms with E-state index in [1.54, 1.807) is 11.3 Å². The van der Waals surface area contributed by atoms with Crippen molar-refractivity contribution in [1.29, 1.82) is 0 Å². The van der Waals surface area contributed by atoms with E-state index in [4.69, 9.17) is 12.2 Å². The lowest BCUT2D eigenvalue weighted by molar-refractivity contribution is 0.312. The largest absolute Gasteiger partial charge is 0.352 e. The maximum absolute atomic E-state index is 5.63. The van der Waals surface area contributed by atoms with Gasteiger partial charge in [0.2, 0.25) is 0 Å². The van der Waals surface area contributed by atoms with Gasteiger partial charge in [0.15, 0.2) is 5.11 Å². The summed E-state index contributed by atoms with van der Waals surface area (Å²) in [5, 5.41) is 6.30. The lowest BCUT2D eigenvalue weighted by Gasteiger charge is -2.26. The van der Waals surface area contributed by atoms with Gasteiger partial charge in [0.1, 0.15) is 0 Å². The van der Waals surface area contributed by atoms with Gasteiger partial charge in [-0.25, -0.2) is 0 Å². The molecule has 120 valence electrons. The number of rotatable bonds is 4. The molecule has 0 unspecified atom stereocenters. The second-order valence-corrected chi connectivity index (χ2v) is 6.96. The summed E-state index contributed by atoms with van der Waals surface area (Å²) in [4.78, 5) is 12.5. The molecule has 0 saturated carbocycles. The first-order valence-corrected chi connectivity index (χ1v) is 9.03. The van der Waals surface area contributed by atoms with Crippen molar-refractivity contribution in [2.45, 2.75) is 18.6 Å². The third-order valence-electron chi connectivity index (χ3n) is 4.09. The predicted molar refractivity (Wildman–Crippen MR) is 99.6 cm³/mol. The highest BCUT2D eigenvalue weighted by Crippen LogP contribution is 2.40. The molecule has 4 nitrogen and oxygen atoms in total. The Kier molecular flexibility index (Phi) is 4.23. The summed E-state index contributed by atoms with van der Waals surface area (Å²) in [7, 11) is 0. The molecule has 4 heterocycles. The molecule has 0 aromatic carbocycles. The van der Waals surface area contributed by atoms with E-state index in [2.05, 4.69) is 37.7 Å². The second-order valence-electron chi connectivity index (χ2n) is 5.59. The van der Waals surface area contributed by atoms with Crippen LogP contribution in [0.2, 0.25) is 0 Å². The summed E-state index contributed by atoms with van der Waals surface area (Å²) in [6.07, 6.45) is 3.64. The number of aromatic nitrogens is 2. The highest BCUT2D eigenvalue weighted by Gasteiger charge is 2.40. The van der Waals surface area contributed by atoms with Crippen LogP contribution in [-0.2, 0) is 6.54 Å². The highest BCUT2D eigenvalue weighted by molar-refractivity contribution is 7.80. The summed E-state index contributed by atoms with van der Waals surface area (Å²) < 4.78 is 0. The molecule has 1 aliphatic heterocycles. The van der Waals surface area contributed by atoms with Crippen molar-refractivity contribution in [2.75, 3.05) is 0 Å². The van der Waals surface area contributed by atoms with E-state index in [0.717, 1.165) is 16.5 Å². The quantitative estimate of drug-likeness (QED) is 0.725. The van der Waals surface area contributed by atoms with Crippen molar-refractivity contribution in [3.8, 4) is 0 Å². The topological polar surface area (TPSA) is 41.1 Å². The van der Waals surface area contributed by atoms with Gasteiger partial charge in [-0.3, -0.25) is 9.97 Å². The standard InChI is InChI=1S/C18H16N4S2/c23-18-21-16(14-7-2-4-10-20-14)17(15-8-5-11-24-15)22(18)12-13-6-1-3-9-19-13/h1-11,16-17H,12H2,(H,21,23)/t16-,17-/m1/s1. The molecule has 1 saturated heterocycles. The van der Waals surface area contributed by atoms with Crippen LogP contribution in [0.5, 0.6) is 0 Å². The second kappa shape index (κ2) is 6.67. The van der Waals surface area contributed by atoms with E-state index in [1.165, 1.54) is 4.88 Å². The van der Waals surface area contributed by atoms with Crippen LogP contribution < -0.4 is 5.32 Å². The minimum Gasteiger partial charge on any atom is -0.352 e. The van der Waals surface area contributed by atoms with Gasteiger partial charge in [0, 0.05) is 17.3 Å². The monoisotopic (exact) mass is 352 g/mol. The molecule has 0 amide bonds. The lowest BCUT2D eigenvalue weighted by atomic mass is 10.0. The maximum Gasteiger partial charge on any atom is 0.170 e. The average Bonchev–Trinajstić information content (AvgIpc) is 3.25. The van der Waals surface area contributed by atoms with Gasteiger partial charge in [-0.05, 0) is 47.9 Å². The number of hydrogen-bond donors (Lipinski definition) is 1. The molecular weight excluding hydrogens is 336 g/mol. The van der Waals surface area contributed by atoms with Crippen LogP contribution in [0, 0.1) is 0 Å². The normalized spacial score (nSPS) is 20.2. The van der Waals surface area contributed by atoms with Crippen molar-refractivity contribution in [1.82, 2.24) is 20.2 Å². The Morgan fingerprint density at radius 1 is 1.04 bits per heavy atom. The predicted octanol–water partition coefficient (Wildman–Crippen LogP) is 3.71. The molecule has 1 N–H and O–H groups in total. The Labute approximate surface area is 150 Å². The molecule has 1 fully saturated rings. The molecule has 2 atom stereocenters. The third kappa shape index (κ3) is 2.90. The minimum atomic E-state index is 0.0427. The van der Waals surface area contributed by atoms with E-state index in [1.807, 2.05) is 48.8 Å². The first-order valence-electron chi connectivity index (χ1n) is 7.74. The van der Waals surface area contributed by atoms with Gasteiger partial charge in [-0.2, -0.15) is 0 Å². The zero-order valence-corrected chi connectivity index (χ0v) is 14.5. The Balaban J connectivity index is 1.71. The van der Waals surface area contributed by atoms with Crippen molar-refractivity contribution in [2.24, 2.45) is 0 Å². The van der Waals surface area contributed by atoms with Gasteiger partial charge in [0.05, 0.1) is 30.0 Å². The first kappa shape index (κ1) is 15.2. The molecule has 0 spiro atoms. The van der Waals surface area contributed by atoms with Crippen molar-refractivity contribution in [3.63, 3.8) is 0 Å². The summed E-state index contributed by atoms with van der Waals surface area (Å²) in [6, 6.07) is 16.4. The fourth-order valence-corrected chi connectivity index (χ4v) is 4.19.